The second-order valence-electron chi connectivity index (χ2n) is 5.13. The van der Waals surface area contributed by atoms with Gasteiger partial charge in [0.1, 0.15) is 0 Å². The van der Waals surface area contributed by atoms with Crippen molar-refractivity contribution in [2.75, 3.05) is 13.2 Å². The van der Waals surface area contributed by atoms with Crippen LogP contribution in [-0.4, -0.2) is 30.2 Å². The maximum atomic E-state index is 12.0. The van der Waals surface area contributed by atoms with Crippen molar-refractivity contribution in [3.8, 4) is 0 Å². The van der Waals surface area contributed by atoms with Gasteiger partial charge in [-0.1, -0.05) is 24.3 Å². The molecule has 1 aliphatic heterocycles. The van der Waals surface area contributed by atoms with E-state index in [1.165, 1.54) is 6.08 Å². The van der Waals surface area contributed by atoms with E-state index in [1.807, 2.05) is 31.2 Å². The first-order valence-electron chi connectivity index (χ1n) is 6.95. The number of rotatable bonds is 5. The number of aliphatic carboxylic acids is 1. The lowest BCUT2D eigenvalue weighted by molar-refractivity contribution is -0.131. The van der Waals surface area contributed by atoms with Gasteiger partial charge in [0.2, 0.25) is 5.91 Å². The summed E-state index contributed by atoms with van der Waals surface area (Å²) in [7, 11) is 0. The second-order valence-corrected chi connectivity index (χ2v) is 5.13. The van der Waals surface area contributed by atoms with Gasteiger partial charge in [0.05, 0.1) is 18.6 Å². The summed E-state index contributed by atoms with van der Waals surface area (Å²) >= 11 is 0. The van der Waals surface area contributed by atoms with Gasteiger partial charge in [0, 0.05) is 12.7 Å². The van der Waals surface area contributed by atoms with Crippen LogP contribution >= 0.6 is 0 Å². The topological polar surface area (TPSA) is 75.6 Å². The van der Waals surface area contributed by atoms with Crippen molar-refractivity contribution >= 4 is 18.0 Å². The largest absolute Gasteiger partial charge is 0.478 e. The highest BCUT2D eigenvalue weighted by molar-refractivity contribution is 5.85. The molecule has 21 heavy (non-hydrogen) atoms. The molecule has 0 aliphatic carbocycles. The van der Waals surface area contributed by atoms with E-state index in [4.69, 9.17) is 9.84 Å². The minimum Gasteiger partial charge on any atom is -0.478 e. The van der Waals surface area contributed by atoms with E-state index < -0.39 is 5.97 Å². The van der Waals surface area contributed by atoms with Crippen LogP contribution in [0.1, 0.15) is 30.5 Å². The number of carbonyl (C=O) groups is 2. The molecule has 1 amide bonds. The molecule has 0 spiro atoms. The molecule has 1 heterocycles. The summed E-state index contributed by atoms with van der Waals surface area (Å²) in [6, 6.07) is 7.34. The molecular weight excluding hydrogens is 270 g/mol. The molecule has 1 aromatic carbocycles. The zero-order valence-corrected chi connectivity index (χ0v) is 11.9. The zero-order chi connectivity index (χ0) is 15.2. The average Bonchev–Trinajstić information content (AvgIpc) is 3.00. The van der Waals surface area contributed by atoms with Gasteiger partial charge in [-0.25, -0.2) is 4.79 Å². The fourth-order valence-corrected chi connectivity index (χ4v) is 2.22. The van der Waals surface area contributed by atoms with E-state index in [0.29, 0.717) is 13.2 Å². The Labute approximate surface area is 123 Å². The Hall–Kier alpha value is -2.14. The Kier molecular flexibility index (Phi) is 5.11. The molecule has 2 unspecified atom stereocenters. The van der Waals surface area contributed by atoms with Crippen LogP contribution in [0.4, 0.5) is 0 Å². The van der Waals surface area contributed by atoms with Gasteiger partial charge >= 0.3 is 5.97 Å². The highest BCUT2D eigenvalue weighted by Crippen LogP contribution is 2.17. The summed E-state index contributed by atoms with van der Waals surface area (Å²) in [5, 5.41) is 11.6. The van der Waals surface area contributed by atoms with Crippen LogP contribution in [-0.2, 0) is 14.3 Å². The Balaban J connectivity index is 1.94. The molecule has 112 valence electrons. The van der Waals surface area contributed by atoms with Crippen LogP contribution < -0.4 is 5.32 Å². The summed E-state index contributed by atoms with van der Waals surface area (Å²) in [6.07, 6.45) is 3.41. The van der Waals surface area contributed by atoms with Gasteiger partial charge in [0.15, 0.2) is 0 Å². The molecule has 5 nitrogen and oxygen atoms in total. The van der Waals surface area contributed by atoms with Gasteiger partial charge in [-0.15, -0.1) is 0 Å². The van der Waals surface area contributed by atoms with E-state index in [0.717, 1.165) is 23.6 Å². The maximum absolute atomic E-state index is 12.0. The highest BCUT2D eigenvalue weighted by Gasteiger charge is 2.24. The Bertz CT molecular complexity index is 530. The molecular formula is C16H19NO4. The number of carboxylic acids is 1. The molecule has 2 atom stereocenters. The molecule has 2 rings (SSSR count). The van der Waals surface area contributed by atoms with Crippen molar-refractivity contribution in [1.29, 1.82) is 0 Å². The summed E-state index contributed by atoms with van der Waals surface area (Å²) in [5.74, 6) is -1.00. The molecule has 5 heteroatoms. The molecule has 0 bridgehead atoms. The van der Waals surface area contributed by atoms with Gasteiger partial charge < -0.3 is 15.2 Å². The lowest BCUT2D eigenvalue weighted by atomic mass is 10.0. The van der Waals surface area contributed by atoms with Crippen molar-refractivity contribution in [3.05, 3.63) is 41.5 Å². The van der Waals surface area contributed by atoms with Crippen LogP contribution in [0.5, 0.6) is 0 Å². The van der Waals surface area contributed by atoms with Crippen LogP contribution in [0.3, 0.4) is 0 Å². The molecule has 1 aliphatic rings. The lowest BCUT2D eigenvalue weighted by Crippen LogP contribution is -2.33. The number of carbonyl (C=O) groups excluding carboxylic acids is 1. The number of ether oxygens (including phenoxy) is 1. The third kappa shape index (κ3) is 4.43. The van der Waals surface area contributed by atoms with Crippen molar-refractivity contribution in [2.45, 2.75) is 19.4 Å². The second kappa shape index (κ2) is 7.04. The Morgan fingerprint density at radius 2 is 2.10 bits per heavy atom. The van der Waals surface area contributed by atoms with Crippen LogP contribution in [0, 0.1) is 5.92 Å². The number of hydrogen-bond donors (Lipinski definition) is 2. The third-order valence-corrected chi connectivity index (χ3v) is 3.51. The first-order chi connectivity index (χ1) is 10.1. The summed E-state index contributed by atoms with van der Waals surface area (Å²) in [4.78, 5) is 22.5. The van der Waals surface area contributed by atoms with Crippen LogP contribution in [0.15, 0.2) is 30.3 Å². The van der Waals surface area contributed by atoms with Crippen LogP contribution in [0.25, 0.3) is 6.08 Å². The van der Waals surface area contributed by atoms with Crippen molar-refractivity contribution in [1.82, 2.24) is 5.32 Å². The standard InChI is InChI=1S/C16H19NO4/c1-11(17-16(20)14-8-9-21-10-14)13-5-2-12(3-6-13)4-7-15(18)19/h2-7,11,14H,8-10H2,1H3,(H,17,20)(H,18,19). The molecule has 2 N–H and O–H groups in total. The van der Waals surface area contributed by atoms with Crippen molar-refractivity contribution < 1.29 is 19.4 Å². The molecule has 0 saturated carbocycles. The monoisotopic (exact) mass is 289 g/mol. The molecule has 1 aromatic rings. The fraction of sp³-hybridized carbons (Fsp3) is 0.375. The number of amides is 1. The van der Waals surface area contributed by atoms with Crippen molar-refractivity contribution in [2.24, 2.45) is 5.92 Å². The van der Waals surface area contributed by atoms with E-state index in [1.54, 1.807) is 0 Å². The van der Waals surface area contributed by atoms with Gasteiger partial charge in [-0.05, 0) is 30.5 Å². The zero-order valence-electron chi connectivity index (χ0n) is 11.9. The number of hydrogen-bond acceptors (Lipinski definition) is 3. The predicted molar refractivity (Wildman–Crippen MR) is 78.6 cm³/mol. The maximum Gasteiger partial charge on any atom is 0.328 e. The molecule has 0 aromatic heterocycles. The minimum absolute atomic E-state index is 0.0230. The van der Waals surface area contributed by atoms with E-state index >= 15 is 0 Å². The smallest absolute Gasteiger partial charge is 0.328 e. The van der Waals surface area contributed by atoms with E-state index in [9.17, 15) is 9.59 Å². The first-order valence-corrected chi connectivity index (χ1v) is 6.95. The summed E-state index contributed by atoms with van der Waals surface area (Å²) in [5.41, 5.74) is 1.79. The minimum atomic E-state index is -0.974. The summed E-state index contributed by atoms with van der Waals surface area (Å²) < 4.78 is 5.21. The van der Waals surface area contributed by atoms with E-state index in [2.05, 4.69) is 5.32 Å². The molecule has 1 saturated heterocycles. The normalized spacial score (nSPS) is 19.6. The SMILES string of the molecule is CC(NC(=O)C1CCOC1)c1ccc(C=CC(=O)O)cc1. The average molecular weight is 289 g/mol. The number of carboxylic acid groups (broad SMARTS) is 1. The van der Waals surface area contributed by atoms with Crippen LogP contribution in [0.2, 0.25) is 0 Å². The van der Waals surface area contributed by atoms with Crippen molar-refractivity contribution in [3.63, 3.8) is 0 Å². The van der Waals surface area contributed by atoms with Gasteiger partial charge in [-0.3, -0.25) is 4.79 Å². The molecule has 0 radical (unpaired) electrons. The Morgan fingerprint density at radius 1 is 1.38 bits per heavy atom. The predicted octanol–water partition coefficient (Wildman–Crippen LogP) is 2.00. The third-order valence-electron chi connectivity index (χ3n) is 3.51. The quantitative estimate of drug-likeness (QED) is 0.813. The highest BCUT2D eigenvalue weighted by atomic mass is 16.5. The van der Waals surface area contributed by atoms with E-state index in [-0.39, 0.29) is 17.9 Å². The first kappa shape index (κ1) is 15.3. The Morgan fingerprint density at radius 3 is 2.67 bits per heavy atom. The number of nitrogens with one attached hydrogen (secondary N) is 1. The lowest BCUT2D eigenvalue weighted by Gasteiger charge is -2.17. The summed E-state index contributed by atoms with van der Waals surface area (Å²) in [6.45, 7) is 3.07. The molecule has 1 fully saturated rings. The van der Waals surface area contributed by atoms with Gasteiger partial charge in [0.25, 0.3) is 0 Å². The fourth-order valence-electron chi connectivity index (χ4n) is 2.22. The number of benzene rings is 1. The van der Waals surface area contributed by atoms with Gasteiger partial charge in [-0.2, -0.15) is 0 Å².